The number of methoxy groups -OCH3 is 1. The van der Waals surface area contributed by atoms with Crippen LogP contribution in [0, 0.1) is 5.92 Å². The lowest BCUT2D eigenvalue weighted by molar-refractivity contribution is 0.0684. The quantitative estimate of drug-likeness (QED) is 0.536. The highest BCUT2D eigenvalue weighted by atomic mass is 16.5. The molecule has 0 rings (SSSR count). The molecule has 1 N–H and O–H groups in total. The molecule has 3 nitrogen and oxygen atoms in total. The molecular formula is C14H31NO2. The SMILES string of the molecule is CCNC(CCCCCOCCOC)C(C)C. The lowest BCUT2D eigenvalue weighted by atomic mass is 9.98. The molecule has 0 saturated carbocycles. The average Bonchev–Trinajstić information content (AvgIpc) is 2.31. The van der Waals surface area contributed by atoms with Crippen molar-refractivity contribution in [1.82, 2.24) is 5.32 Å². The molecule has 0 aliphatic rings. The van der Waals surface area contributed by atoms with E-state index in [0.717, 1.165) is 25.7 Å². The van der Waals surface area contributed by atoms with Gasteiger partial charge < -0.3 is 14.8 Å². The highest BCUT2D eigenvalue weighted by Gasteiger charge is 2.10. The van der Waals surface area contributed by atoms with Gasteiger partial charge in [0.05, 0.1) is 13.2 Å². The fourth-order valence-corrected chi connectivity index (χ4v) is 1.92. The molecule has 0 amide bonds. The summed E-state index contributed by atoms with van der Waals surface area (Å²) in [4.78, 5) is 0. The number of hydrogen-bond donors (Lipinski definition) is 1. The van der Waals surface area contributed by atoms with E-state index in [1.54, 1.807) is 7.11 Å². The van der Waals surface area contributed by atoms with Gasteiger partial charge in [0, 0.05) is 19.8 Å². The standard InChI is InChI=1S/C14H31NO2/c1-5-15-14(13(2)3)9-7-6-8-10-17-12-11-16-4/h13-15H,5-12H2,1-4H3. The monoisotopic (exact) mass is 245 g/mol. The predicted molar refractivity (Wildman–Crippen MR) is 73.5 cm³/mol. The van der Waals surface area contributed by atoms with Crippen molar-refractivity contribution in [2.45, 2.75) is 52.5 Å². The third kappa shape index (κ3) is 10.7. The summed E-state index contributed by atoms with van der Waals surface area (Å²) in [5, 5.41) is 3.55. The Morgan fingerprint density at radius 2 is 1.76 bits per heavy atom. The van der Waals surface area contributed by atoms with E-state index >= 15 is 0 Å². The van der Waals surface area contributed by atoms with Crippen molar-refractivity contribution < 1.29 is 9.47 Å². The van der Waals surface area contributed by atoms with Gasteiger partial charge in [0.2, 0.25) is 0 Å². The van der Waals surface area contributed by atoms with E-state index in [1.807, 2.05) is 0 Å². The molecular weight excluding hydrogens is 214 g/mol. The fraction of sp³-hybridized carbons (Fsp3) is 1.00. The first-order valence-electron chi connectivity index (χ1n) is 7.02. The van der Waals surface area contributed by atoms with Gasteiger partial charge in [-0.25, -0.2) is 0 Å². The van der Waals surface area contributed by atoms with Crippen LogP contribution in [0.1, 0.15) is 46.5 Å². The Bertz CT molecular complexity index is 151. The third-order valence-corrected chi connectivity index (χ3v) is 3.01. The smallest absolute Gasteiger partial charge is 0.0700 e. The average molecular weight is 245 g/mol. The Hall–Kier alpha value is -0.120. The Balaban J connectivity index is 3.30. The molecule has 0 aromatic heterocycles. The molecule has 0 saturated heterocycles. The zero-order valence-electron chi connectivity index (χ0n) is 12.1. The van der Waals surface area contributed by atoms with Crippen LogP contribution in [0.2, 0.25) is 0 Å². The van der Waals surface area contributed by atoms with Gasteiger partial charge in [-0.2, -0.15) is 0 Å². The summed E-state index contributed by atoms with van der Waals surface area (Å²) in [6, 6.07) is 0.675. The maximum Gasteiger partial charge on any atom is 0.0700 e. The van der Waals surface area contributed by atoms with Crippen molar-refractivity contribution in [3.63, 3.8) is 0 Å². The van der Waals surface area contributed by atoms with Gasteiger partial charge >= 0.3 is 0 Å². The summed E-state index contributed by atoms with van der Waals surface area (Å²) in [5.41, 5.74) is 0. The molecule has 0 heterocycles. The van der Waals surface area contributed by atoms with Gasteiger partial charge in [-0.1, -0.05) is 33.6 Å². The van der Waals surface area contributed by atoms with E-state index in [0.29, 0.717) is 12.6 Å². The first-order valence-corrected chi connectivity index (χ1v) is 7.02. The van der Waals surface area contributed by atoms with Crippen LogP contribution >= 0.6 is 0 Å². The predicted octanol–water partition coefficient (Wildman–Crippen LogP) is 2.84. The van der Waals surface area contributed by atoms with Crippen LogP contribution in [0.3, 0.4) is 0 Å². The molecule has 0 aromatic rings. The van der Waals surface area contributed by atoms with Crippen LogP contribution in [0.15, 0.2) is 0 Å². The molecule has 0 aromatic carbocycles. The van der Waals surface area contributed by atoms with Gasteiger partial charge in [-0.05, 0) is 25.3 Å². The molecule has 0 aliphatic heterocycles. The van der Waals surface area contributed by atoms with Gasteiger partial charge in [0.1, 0.15) is 0 Å². The van der Waals surface area contributed by atoms with Crippen molar-refractivity contribution in [2.75, 3.05) is 33.5 Å². The normalized spacial score (nSPS) is 13.2. The summed E-state index contributed by atoms with van der Waals surface area (Å²) in [6.45, 7) is 10.1. The molecule has 3 heteroatoms. The van der Waals surface area contributed by atoms with Gasteiger partial charge in [-0.3, -0.25) is 0 Å². The minimum absolute atomic E-state index is 0.675. The fourth-order valence-electron chi connectivity index (χ4n) is 1.92. The van der Waals surface area contributed by atoms with E-state index in [2.05, 4.69) is 26.1 Å². The van der Waals surface area contributed by atoms with Crippen molar-refractivity contribution in [2.24, 2.45) is 5.92 Å². The van der Waals surface area contributed by atoms with Gasteiger partial charge in [-0.15, -0.1) is 0 Å². The zero-order valence-corrected chi connectivity index (χ0v) is 12.1. The Morgan fingerprint density at radius 1 is 1.00 bits per heavy atom. The number of hydrogen-bond acceptors (Lipinski definition) is 3. The highest BCUT2D eigenvalue weighted by Crippen LogP contribution is 2.11. The van der Waals surface area contributed by atoms with E-state index < -0.39 is 0 Å². The summed E-state index contributed by atoms with van der Waals surface area (Å²) < 4.78 is 10.4. The Morgan fingerprint density at radius 3 is 2.35 bits per heavy atom. The van der Waals surface area contributed by atoms with E-state index in [-0.39, 0.29) is 0 Å². The number of unbranched alkanes of at least 4 members (excludes halogenated alkanes) is 2. The highest BCUT2D eigenvalue weighted by molar-refractivity contribution is 4.69. The van der Waals surface area contributed by atoms with Crippen LogP contribution in [0.5, 0.6) is 0 Å². The lowest BCUT2D eigenvalue weighted by Gasteiger charge is -2.21. The third-order valence-electron chi connectivity index (χ3n) is 3.01. The number of nitrogens with one attached hydrogen (secondary N) is 1. The van der Waals surface area contributed by atoms with Crippen LogP contribution in [0.25, 0.3) is 0 Å². The van der Waals surface area contributed by atoms with E-state index in [1.165, 1.54) is 25.7 Å². The molecule has 104 valence electrons. The molecule has 0 spiro atoms. The van der Waals surface area contributed by atoms with Crippen LogP contribution in [-0.4, -0.2) is 39.5 Å². The first-order chi connectivity index (χ1) is 8.22. The van der Waals surface area contributed by atoms with Crippen molar-refractivity contribution in [1.29, 1.82) is 0 Å². The molecule has 0 radical (unpaired) electrons. The second-order valence-electron chi connectivity index (χ2n) is 4.86. The Labute approximate surface area is 107 Å². The van der Waals surface area contributed by atoms with Crippen LogP contribution < -0.4 is 5.32 Å². The summed E-state index contributed by atoms with van der Waals surface area (Å²) in [7, 11) is 1.70. The summed E-state index contributed by atoms with van der Waals surface area (Å²) in [6.07, 6.45) is 5.01. The zero-order chi connectivity index (χ0) is 12.9. The molecule has 0 fully saturated rings. The molecule has 17 heavy (non-hydrogen) atoms. The van der Waals surface area contributed by atoms with E-state index in [4.69, 9.17) is 9.47 Å². The molecule has 1 atom stereocenters. The minimum Gasteiger partial charge on any atom is -0.382 e. The van der Waals surface area contributed by atoms with Crippen molar-refractivity contribution in [3.8, 4) is 0 Å². The number of rotatable bonds is 12. The second kappa shape index (κ2) is 12.3. The maximum atomic E-state index is 5.44. The van der Waals surface area contributed by atoms with Crippen LogP contribution in [-0.2, 0) is 9.47 Å². The number of ether oxygens (including phenoxy) is 2. The Kier molecular flexibility index (Phi) is 12.3. The van der Waals surface area contributed by atoms with Crippen molar-refractivity contribution in [3.05, 3.63) is 0 Å². The molecule has 0 aliphatic carbocycles. The summed E-state index contributed by atoms with van der Waals surface area (Å²) >= 11 is 0. The van der Waals surface area contributed by atoms with Crippen LogP contribution in [0.4, 0.5) is 0 Å². The largest absolute Gasteiger partial charge is 0.382 e. The lowest BCUT2D eigenvalue weighted by Crippen LogP contribution is -2.33. The van der Waals surface area contributed by atoms with Gasteiger partial charge in [0.15, 0.2) is 0 Å². The maximum absolute atomic E-state index is 5.44. The minimum atomic E-state index is 0.675. The summed E-state index contributed by atoms with van der Waals surface area (Å²) in [5.74, 6) is 0.730. The topological polar surface area (TPSA) is 30.5 Å². The molecule has 1 unspecified atom stereocenters. The first kappa shape index (κ1) is 16.9. The van der Waals surface area contributed by atoms with Crippen molar-refractivity contribution >= 4 is 0 Å². The molecule has 0 bridgehead atoms. The van der Waals surface area contributed by atoms with E-state index in [9.17, 15) is 0 Å². The van der Waals surface area contributed by atoms with Gasteiger partial charge in [0.25, 0.3) is 0 Å². The second-order valence-corrected chi connectivity index (χ2v) is 4.86.